The molecule has 3 rings (SSSR count). The van der Waals surface area contributed by atoms with E-state index in [1.165, 1.54) is 11.3 Å². The maximum atomic E-state index is 12.4. The van der Waals surface area contributed by atoms with Crippen LogP contribution in [0, 0.1) is 19.8 Å². The summed E-state index contributed by atoms with van der Waals surface area (Å²) in [6, 6.07) is 1.92. The standard InChI is InChI=1S/C18H24N6O2S/c1-10(2)17-22-23-18(27-17)24-9-13(8-15(24)25)16(26)19-6-5-14-20-11(3)7-12(4)21-14/h7,10,13H,5-6,8-9H2,1-4H3,(H,19,26). The number of nitrogens with zero attached hydrogens (tertiary/aromatic N) is 5. The molecule has 1 fully saturated rings. The largest absolute Gasteiger partial charge is 0.355 e. The van der Waals surface area contributed by atoms with Crippen molar-refractivity contribution in [2.45, 2.75) is 46.5 Å². The number of hydrogen-bond donors (Lipinski definition) is 1. The molecule has 1 aliphatic heterocycles. The first-order chi connectivity index (χ1) is 12.8. The molecule has 0 spiro atoms. The van der Waals surface area contributed by atoms with Crippen molar-refractivity contribution >= 4 is 28.3 Å². The highest BCUT2D eigenvalue weighted by Crippen LogP contribution is 2.30. The fourth-order valence-electron chi connectivity index (χ4n) is 2.99. The molecule has 27 heavy (non-hydrogen) atoms. The molecule has 1 aliphatic rings. The maximum Gasteiger partial charge on any atom is 0.229 e. The Labute approximate surface area is 162 Å². The SMILES string of the molecule is Cc1cc(C)nc(CCNC(=O)C2CC(=O)N(c3nnc(C(C)C)s3)C2)n1. The monoisotopic (exact) mass is 388 g/mol. The molecule has 0 saturated carbocycles. The molecule has 9 heteroatoms. The van der Waals surface area contributed by atoms with Crippen LogP contribution in [0.15, 0.2) is 6.07 Å². The molecule has 0 aromatic carbocycles. The van der Waals surface area contributed by atoms with Gasteiger partial charge in [0.25, 0.3) is 0 Å². The molecule has 144 valence electrons. The van der Waals surface area contributed by atoms with Gasteiger partial charge in [0.05, 0.1) is 5.92 Å². The molecular formula is C18H24N6O2S. The van der Waals surface area contributed by atoms with Gasteiger partial charge in [0, 0.05) is 43.2 Å². The van der Waals surface area contributed by atoms with Crippen LogP contribution in [0.1, 0.15) is 48.4 Å². The number of aromatic nitrogens is 4. The third-order valence-electron chi connectivity index (χ3n) is 4.33. The van der Waals surface area contributed by atoms with Crippen molar-refractivity contribution in [2.75, 3.05) is 18.0 Å². The number of rotatable bonds is 6. The Morgan fingerprint density at radius 2 is 2.00 bits per heavy atom. The summed E-state index contributed by atoms with van der Waals surface area (Å²) in [7, 11) is 0. The minimum Gasteiger partial charge on any atom is -0.355 e. The van der Waals surface area contributed by atoms with Crippen molar-refractivity contribution in [1.82, 2.24) is 25.5 Å². The zero-order valence-electron chi connectivity index (χ0n) is 16.0. The van der Waals surface area contributed by atoms with Crippen LogP contribution in [0.4, 0.5) is 5.13 Å². The molecule has 3 heterocycles. The Morgan fingerprint density at radius 3 is 2.63 bits per heavy atom. The summed E-state index contributed by atoms with van der Waals surface area (Å²) in [4.78, 5) is 35.1. The van der Waals surface area contributed by atoms with E-state index in [0.717, 1.165) is 16.4 Å². The van der Waals surface area contributed by atoms with E-state index in [4.69, 9.17) is 0 Å². The van der Waals surface area contributed by atoms with E-state index in [1.54, 1.807) is 4.90 Å². The summed E-state index contributed by atoms with van der Waals surface area (Å²) in [6.45, 7) is 8.71. The third kappa shape index (κ3) is 4.65. The first-order valence-electron chi connectivity index (χ1n) is 9.06. The summed E-state index contributed by atoms with van der Waals surface area (Å²) >= 11 is 1.41. The lowest BCUT2D eigenvalue weighted by atomic mass is 10.1. The van der Waals surface area contributed by atoms with E-state index >= 15 is 0 Å². The minimum atomic E-state index is -0.371. The second-order valence-electron chi connectivity index (χ2n) is 7.09. The lowest BCUT2D eigenvalue weighted by molar-refractivity contribution is -0.126. The van der Waals surface area contributed by atoms with Crippen LogP contribution >= 0.6 is 11.3 Å². The highest BCUT2D eigenvalue weighted by molar-refractivity contribution is 7.15. The summed E-state index contributed by atoms with van der Waals surface area (Å²) in [6.07, 6.45) is 0.759. The third-order valence-corrected chi connectivity index (χ3v) is 5.57. The molecule has 2 amide bonds. The van der Waals surface area contributed by atoms with Gasteiger partial charge in [-0.15, -0.1) is 10.2 Å². The molecule has 8 nitrogen and oxygen atoms in total. The Morgan fingerprint density at radius 1 is 1.30 bits per heavy atom. The van der Waals surface area contributed by atoms with Crippen LogP contribution in [0.3, 0.4) is 0 Å². The molecule has 2 aromatic rings. The van der Waals surface area contributed by atoms with Crippen molar-refractivity contribution in [3.8, 4) is 0 Å². The minimum absolute atomic E-state index is 0.0840. The zero-order valence-corrected chi connectivity index (χ0v) is 16.8. The van der Waals surface area contributed by atoms with Crippen LogP contribution in [0.25, 0.3) is 0 Å². The molecule has 0 aliphatic carbocycles. The van der Waals surface area contributed by atoms with E-state index in [0.29, 0.717) is 30.5 Å². The Kier molecular flexibility index (Phi) is 5.79. The summed E-state index contributed by atoms with van der Waals surface area (Å²) in [5.41, 5.74) is 1.83. The number of carbonyl (C=O) groups is 2. The van der Waals surface area contributed by atoms with Crippen LogP contribution < -0.4 is 10.2 Å². The number of nitrogens with one attached hydrogen (secondary N) is 1. The Hall–Kier alpha value is -2.42. The average molecular weight is 388 g/mol. The van der Waals surface area contributed by atoms with E-state index in [1.807, 2.05) is 33.8 Å². The van der Waals surface area contributed by atoms with Gasteiger partial charge in [-0.25, -0.2) is 9.97 Å². The van der Waals surface area contributed by atoms with Crippen molar-refractivity contribution in [1.29, 1.82) is 0 Å². The molecule has 0 bridgehead atoms. The van der Waals surface area contributed by atoms with Crippen molar-refractivity contribution < 1.29 is 9.59 Å². The second kappa shape index (κ2) is 8.08. The van der Waals surface area contributed by atoms with Crippen LogP contribution in [0.2, 0.25) is 0 Å². The van der Waals surface area contributed by atoms with Gasteiger partial charge in [-0.2, -0.15) is 0 Å². The van der Waals surface area contributed by atoms with Crippen molar-refractivity contribution in [3.63, 3.8) is 0 Å². The van der Waals surface area contributed by atoms with Gasteiger partial charge in [0.2, 0.25) is 16.9 Å². The molecule has 2 aromatic heterocycles. The van der Waals surface area contributed by atoms with Gasteiger partial charge >= 0.3 is 0 Å². The van der Waals surface area contributed by atoms with E-state index < -0.39 is 0 Å². The Bertz CT molecular complexity index is 830. The van der Waals surface area contributed by atoms with Gasteiger partial charge < -0.3 is 5.32 Å². The fourth-order valence-corrected chi connectivity index (χ4v) is 3.86. The predicted octanol–water partition coefficient (Wildman–Crippen LogP) is 1.78. The predicted molar refractivity (Wildman–Crippen MR) is 103 cm³/mol. The van der Waals surface area contributed by atoms with Gasteiger partial charge in [-0.05, 0) is 19.9 Å². The summed E-state index contributed by atoms with van der Waals surface area (Å²) in [5, 5.41) is 12.6. The number of hydrogen-bond acceptors (Lipinski definition) is 7. The van der Waals surface area contributed by atoms with E-state index in [2.05, 4.69) is 25.5 Å². The summed E-state index contributed by atoms with van der Waals surface area (Å²) < 4.78 is 0. The second-order valence-corrected chi connectivity index (χ2v) is 8.08. The van der Waals surface area contributed by atoms with E-state index in [-0.39, 0.29) is 30.1 Å². The first kappa shape index (κ1) is 19.3. The molecule has 1 unspecified atom stereocenters. The van der Waals surface area contributed by atoms with E-state index in [9.17, 15) is 9.59 Å². The molecule has 1 atom stereocenters. The molecule has 0 radical (unpaired) electrons. The lowest BCUT2D eigenvalue weighted by Crippen LogP contribution is -2.34. The van der Waals surface area contributed by atoms with Crippen LogP contribution in [-0.2, 0) is 16.0 Å². The van der Waals surface area contributed by atoms with Crippen molar-refractivity contribution in [3.05, 3.63) is 28.3 Å². The highest BCUT2D eigenvalue weighted by Gasteiger charge is 2.36. The highest BCUT2D eigenvalue weighted by atomic mass is 32.1. The van der Waals surface area contributed by atoms with Gasteiger partial charge in [0.15, 0.2) is 0 Å². The fraction of sp³-hybridized carbons (Fsp3) is 0.556. The van der Waals surface area contributed by atoms with Gasteiger partial charge in [0.1, 0.15) is 10.8 Å². The van der Waals surface area contributed by atoms with Gasteiger partial charge in [-0.1, -0.05) is 25.2 Å². The normalized spacial score (nSPS) is 17.0. The number of amides is 2. The number of aryl methyl sites for hydroxylation is 2. The van der Waals surface area contributed by atoms with Crippen molar-refractivity contribution in [2.24, 2.45) is 5.92 Å². The first-order valence-corrected chi connectivity index (χ1v) is 9.87. The quantitative estimate of drug-likeness (QED) is 0.809. The smallest absolute Gasteiger partial charge is 0.229 e. The van der Waals surface area contributed by atoms with Gasteiger partial charge in [-0.3, -0.25) is 14.5 Å². The average Bonchev–Trinajstić information content (AvgIpc) is 3.20. The molecule has 1 saturated heterocycles. The number of carbonyl (C=O) groups excluding carboxylic acids is 2. The molecular weight excluding hydrogens is 364 g/mol. The Balaban J connectivity index is 1.54. The number of anilines is 1. The molecule has 1 N–H and O–H groups in total. The summed E-state index contributed by atoms with van der Waals surface area (Å²) in [5.74, 6) is 0.402. The zero-order chi connectivity index (χ0) is 19.6. The van der Waals surface area contributed by atoms with Crippen LogP contribution in [-0.4, -0.2) is 45.1 Å². The topological polar surface area (TPSA) is 101 Å². The maximum absolute atomic E-state index is 12.4. The van der Waals surface area contributed by atoms with Crippen LogP contribution in [0.5, 0.6) is 0 Å². The lowest BCUT2D eigenvalue weighted by Gasteiger charge is -2.12.